The van der Waals surface area contributed by atoms with Gasteiger partial charge in [-0.1, -0.05) is 0 Å². The molecule has 1 saturated heterocycles. The van der Waals surface area contributed by atoms with Crippen molar-refractivity contribution in [3.63, 3.8) is 0 Å². The first-order chi connectivity index (χ1) is 7.17. The Balaban J connectivity index is 2.44. The largest absolute Gasteiger partial charge is 0.450 e. The maximum atomic E-state index is 11.4. The topological polar surface area (TPSA) is 59.0 Å². The molecule has 1 N–H and O–H groups in total. The molecule has 15 heavy (non-hydrogen) atoms. The second kappa shape index (κ2) is 5.32. The highest BCUT2D eigenvalue weighted by molar-refractivity contribution is 5.67. The summed E-state index contributed by atoms with van der Waals surface area (Å²) in [4.78, 5) is 13.0. The lowest BCUT2D eigenvalue weighted by Crippen LogP contribution is -2.49. The number of methoxy groups -OCH3 is 1. The lowest BCUT2D eigenvalue weighted by atomic mass is 9.92. The van der Waals surface area contributed by atoms with E-state index >= 15 is 0 Å². The molecule has 88 valence electrons. The average molecular weight is 217 g/mol. The first-order valence-corrected chi connectivity index (χ1v) is 5.25. The minimum atomic E-state index is -0.469. The molecule has 1 aliphatic heterocycles. The Kier molecular flexibility index (Phi) is 4.35. The molecule has 1 amide bonds. The number of carbonyl (C=O) groups is 1. The monoisotopic (exact) mass is 217 g/mol. The fraction of sp³-hybridized carbons (Fsp3) is 0.900. The van der Waals surface area contributed by atoms with E-state index in [1.807, 2.05) is 0 Å². The Morgan fingerprint density at radius 3 is 2.47 bits per heavy atom. The zero-order valence-corrected chi connectivity index (χ0v) is 9.36. The maximum absolute atomic E-state index is 11.4. The number of aliphatic hydroxyl groups is 1. The van der Waals surface area contributed by atoms with Gasteiger partial charge in [0, 0.05) is 20.2 Å². The van der Waals surface area contributed by atoms with E-state index in [0.29, 0.717) is 32.5 Å². The molecule has 0 unspecified atom stereocenters. The van der Waals surface area contributed by atoms with Crippen LogP contribution >= 0.6 is 0 Å². The zero-order valence-electron chi connectivity index (χ0n) is 9.36. The fourth-order valence-corrected chi connectivity index (χ4v) is 1.74. The number of ether oxygens (including phenoxy) is 2. The normalized spacial score (nSPS) is 20.1. The van der Waals surface area contributed by atoms with Gasteiger partial charge < -0.3 is 19.5 Å². The van der Waals surface area contributed by atoms with Crippen LogP contribution < -0.4 is 0 Å². The van der Waals surface area contributed by atoms with Gasteiger partial charge in [-0.3, -0.25) is 0 Å². The van der Waals surface area contributed by atoms with Crippen molar-refractivity contribution in [3.8, 4) is 0 Å². The summed E-state index contributed by atoms with van der Waals surface area (Å²) in [5.41, 5.74) is -0.469. The van der Waals surface area contributed by atoms with E-state index in [1.165, 1.54) is 0 Å². The number of hydrogen-bond acceptors (Lipinski definition) is 4. The van der Waals surface area contributed by atoms with Crippen molar-refractivity contribution in [2.24, 2.45) is 0 Å². The molecule has 0 radical (unpaired) electrons. The maximum Gasteiger partial charge on any atom is 0.409 e. The van der Waals surface area contributed by atoms with Crippen LogP contribution in [0.15, 0.2) is 0 Å². The molecular formula is C10H19NO4. The highest BCUT2D eigenvalue weighted by atomic mass is 16.6. The number of nitrogens with zero attached hydrogens (tertiary/aromatic N) is 1. The van der Waals surface area contributed by atoms with Gasteiger partial charge in [0.2, 0.25) is 0 Å². The molecule has 0 saturated carbocycles. The molecule has 0 aliphatic carbocycles. The van der Waals surface area contributed by atoms with E-state index in [0.717, 1.165) is 0 Å². The van der Waals surface area contributed by atoms with E-state index in [2.05, 4.69) is 0 Å². The molecule has 0 bridgehead atoms. The van der Waals surface area contributed by atoms with E-state index < -0.39 is 5.60 Å². The molecule has 0 aromatic heterocycles. The van der Waals surface area contributed by atoms with Gasteiger partial charge in [-0.2, -0.15) is 0 Å². The summed E-state index contributed by atoms with van der Waals surface area (Å²) >= 11 is 0. The summed E-state index contributed by atoms with van der Waals surface area (Å²) < 4.78 is 10.2. The van der Waals surface area contributed by atoms with Crippen molar-refractivity contribution >= 4 is 6.09 Å². The van der Waals surface area contributed by atoms with Crippen molar-refractivity contribution in [2.45, 2.75) is 25.4 Å². The molecule has 1 fully saturated rings. The van der Waals surface area contributed by atoms with Crippen LogP contribution in [0.2, 0.25) is 0 Å². The number of hydrogen-bond donors (Lipinski definition) is 1. The van der Waals surface area contributed by atoms with Gasteiger partial charge in [-0.05, 0) is 19.8 Å². The van der Waals surface area contributed by atoms with Crippen molar-refractivity contribution < 1.29 is 19.4 Å². The number of aliphatic hydroxyl groups excluding tert-OH is 1. The van der Waals surface area contributed by atoms with Crippen molar-refractivity contribution in [2.75, 3.05) is 33.4 Å². The van der Waals surface area contributed by atoms with Gasteiger partial charge in [0.05, 0.1) is 18.8 Å². The SMILES string of the molecule is CCOC(=O)N1CCC(CO)(OC)CC1. The molecular weight excluding hydrogens is 198 g/mol. The van der Waals surface area contributed by atoms with Crippen LogP contribution in [0.4, 0.5) is 4.79 Å². The Labute approximate surface area is 90.0 Å². The standard InChI is InChI=1S/C10H19NO4/c1-3-15-9(13)11-6-4-10(8-12,14-2)5-7-11/h12H,3-8H2,1-2H3. The first-order valence-electron chi connectivity index (χ1n) is 5.25. The Hall–Kier alpha value is -0.810. The van der Waals surface area contributed by atoms with Crippen LogP contribution in [0, 0.1) is 0 Å². The zero-order chi connectivity index (χ0) is 11.3. The third kappa shape index (κ3) is 2.82. The number of carbonyl (C=O) groups excluding carboxylic acids is 1. The molecule has 5 nitrogen and oxygen atoms in total. The molecule has 0 aromatic carbocycles. The second-order valence-electron chi connectivity index (χ2n) is 3.73. The van der Waals surface area contributed by atoms with Crippen LogP contribution in [-0.4, -0.2) is 55.1 Å². The molecule has 0 spiro atoms. The summed E-state index contributed by atoms with van der Waals surface area (Å²) in [6, 6.07) is 0. The third-order valence-electron chi connectivity index (χ3n) is 2.92. The predicted octanol–water partition coefficient (Wildman–Crippen LogP) is 0.616. The van der Waals surface area contributed by atoms with E-state index in [4.69, 9.17) is 9.47 Å². The average Bonchev–Trinajstić information content (AvgIpc) is 2.29. The summed E-state index contributed by atoms with van der Waals surface area (Å²) in [6.07, 6.45) is 1.03. The van der Waals surface area contributed by atoms with Crippen LogP contribution in [0.1, 0.15) is 19.8 Å². The Morgan fingerprint density at radius 1 is 1.47 bits per heavy atom. The van der Waals surface area contributed by atoms with E-state index in [9.17, 15) is 9.90 Å². The van der Waals surface area contributed by atoms with Gasteiger partial charge in [-0.25, -0.2) is 4.79 Å². The second-order valence-corrected chi connectivity index (χ2v) is 3.73. The Bertz CT molecular complexity index is 205. The molecule has 1 aliphatic rings. The quantitative estimate of drug-likeness (QED) is 0.752. The lowest BCUT2D eigenvalue weighted by molar-refractivity contribution is -0.0864. The van der Waals surface area contributed by atoms with Crippen LogP contribution in [0.5, 0.6) is 0 Å². The molecule has 1 heterocycles. The minimum Gasteiger partial charge on any atom is -0.450 e. The Morgan fingerprint density at radius 2 is 2.07 bits per heavy atom. The molecule has 0 atom stereocenters. The fourth-order valence-electron chi connectivity index (χ4n) is 1.74. The van der Waals surface area contributed by atoms with Crippen LogP contribution in [0.3, 0.4) is 0 Å². The van der Waals surface area contributed by atoms with Crippen LogP contribution in [-0.2, 0) is 9.47 Å². The highest BCUT2D eigenvalue weighted by Crippen LogP contribution is 2.25. The van der Waals surface area contributed by atoms with Gasteiger partial charge in [0.1, 0.15) is 0 Å². The number of amides is 1. The number of piperidine rings is 1. The van der Waals surface area contributed by atoms with Crippen molar-refractivity contribution in [1.29, 1.82) is 0 Å². The van der Waals surface area contributed by atoms with Gasteiger partial charge in [0.15, 0.2) is 0 Å². The summed E-state index contributed by atoms with van der Waals surface area (Å²) in [5.74, 6) is 0. The summed E-state index contributed by atoms with van der Waals surface area (Å²) in [5, 5.41) is 9.21. The van der Waals surface area contributed by atoms with Gasteiger partial charge in [-0.15, -0.1) is 0 Å². The molecule has 5 heteroatoms. The predicted molar refractivity (Wildman–Crippen MR) is 54.7 cm³/mol. The highest BCUT2D eigenvalue weighted by Gasteiger charge is 2.35. The number of rotatable bonds is 3. The molecule has 0 aromatic rings. The minimum absolute atomic E-state index is 0.000164. The van der Waals surface area contributed by atoms with Crippen LogP contribution in [0.25, 0.3) is 0 Å². The third-order valence-corrected chi connectivity index (χ3v) is 2.92. The first kappa shape index (κ1) is 12.3. The summed E-state index contributed by atoms with van der Waals surface area (Å²) in [6.45, 7) is 3.33. The van der Waals surface area contributed by atoms with Gasteiger partial charge in [0.25, 0.3) is 0 Å². The van der Waals surface area contributed by atoms with E-state index in [-0.39, 0.29) is 12.7 Å². The smallest absolute Gasteiger partial charge is 0.409 e. The molecule has 1 rings (SSSR count). The van der Waals surface area contributed by atoms with Gasteiger partial charge >= 0.3 is 6.09 Å². The van der Waals surface area contributed by atoms with E-state index in [1.54, 1.807) is 18.9 Å². The van der Waals surface area contributed by atoms with Crippen molar-refractivity contribution in [1.82, 2.24) is 4.90 Å². The summed E-state index contributed by atoms with van der Waals surface area (Å²) in [7, 11) is 1.59. The lowest BCUT2D eigenvalue weighted by Gasteiger charge is -2.38. The number of likely N-dealkylation sites (tertiary alicyclic amines) is 1. The van der Waals surface area contributed by atoms with Crippen molar-refractivity contribution in [3.05, 3.63) is 0 Å².